The second-order valence-electron chi connectivity index (χ2n) is 4.53. The molecule has 6 heteroatoms. The molecule has 0 bridgehead atoms. The lowest BCUT2D eigenvalue weighted by molar-refractivity contribution is 0.336. The number of nitrogens with one attached hydrogen (secondary N) is 1. The average molecular weight is 434 g/mol. The smallest absolute Gasteiger partial charge is 0.147 e. The highest BCUT2D eigenvalue weighted by molar-refractivity contribution is 9.11. The lowest BCUT2D eigenvalue weighted by atomic mass is 10.2. The number of nitrogens with zero attached hydrogens (tertiary/aromatic N) is 1. The van der Waals surface area contributed by atoms with Gasteiger partial charge in [0.1, 0.15) is 10.8 Å². The molecule has 2 aromatic rings. The van der Waals surface area contributed by atoms with E-state index in [1.807, 2.05) is 18.5 Å². The predicted octanol–water partition coefficient (Wildman–Crippen LogP) is 5.31. The summed E-state index contributed by atoms with van der Waals surface area (Å²) in [6.45, 7) is 5.59. The Morgan fingerprint density at radius 3 is 2.52 bits per heavy atom. The molecule has 2 rings (SSSR count). The van der Waals surface area contributed by atoms with E-state index in [2.05, 4.69) is 61.2 Å². The molecule has 114 valence electrons. The maximum absolute atomic E-state index is 5.61. The molecule has 1 unspecified atom stereocenters. The minimum atomic E-state index is 0.300. The Labute approximate surface area is 146 Å². The number of ether oxygens (including phenoxy) is 1. The Morgan fingerprint density at radius 2 is 2.00 bits per heavy atom. The van der Waals surface area contributed by atoms with Crippen LogP contribution in [0.3, 0.4) is 0 Å². The van der Waals surface area contributed by atoms with Crippen molar-refractivity contribution < 1.29 is 4.74 Å². The molecule has 0 saturated heterocycles. The number of rotatable bonds is 7. The van der Waals surface area contributed by atoms with E-state index in [1.54, 1.807) is 11.3 Å². The van der Waals surface area contributed by atoms with Gasteiger partial charge < -0.3 is 10.1 Å². The lowest BCUT2D eigenvalue weighted by Gasteiger charge is -2.16. The zero-order chi connectivity index (χ0) is 15.2. The first-order valence-corrected chi connectivity index (χ1v) is 9.35. The first kappa shape index (κ1) is 16.9. The van der Waals surface area contributed by atoms with Crippen LogP contribution in [0.4, 0.5) is 0 Å². The van der Waals surface area contributed by atoms with Crippen LogP contribution in [-0.4, -0.2) is 11.6 Å². The van der Waals surface area contributed by atoms with Gasteiger partial charge >= 0.3 is 0 Å². The van der Waals surface area contributed by atoms with Crippen molar-refractivity contribution in [2.24, 2.45) is 0 Å². The van der Waals surface area contributed by atoms with Gasteiger partial charge in [-0.3, -0.25) is 0 Å². The van der Waals surface area contributed by atoms with E-state index in [9.17, 15) is 0 Å². The molecule has 1 aromatic heterocycles. The molecule has 1 heterocycles. The van der Waals surface area contributed by atoms with Crippen molar-refractivity contribution in [1.29, 1.82) is 0 Å². The predicted molar refractivity (Wildman–Crippen MR) is 95.0 cm³/mol. The van der Waals surface area contributed by atoms with E-state index in [0.717, 1.165) is 32.7 Å². The van der Waals surface area contributed by atoms with Crippen LogP contribution in [0.2, 0.25) is 0 Å². The lowest BCUT2D eigenvalue weighted by Crippen LogP contribution is -2.20. The van der Waals surface area contributed by atoms with E-state index in [-0.39, 0.29) is 0 Å². The Morgan fingerprint density at radius 1 is 1.29 bits per heavy atom. The highest BCUT2D eigenvalue weighted by atomic mass is 79.9. The summed E-state index contributed by atoms with van der Waals surface area (Å²) in [6.07, 6.45) is 2.88. The molecule has 0 saturated carbocycles. The van der Waals surface area contributed by atoms with Gasteiger partial charge in [-0.15, -0.1) is 11.3 Å². The second-order valence-corrected chi connectivity index (χ2v) is 7.17. The molecule has 21 heavy (non-hydrogen) atoms. The monoisotopic (exact) mass is 432 g/mol. The van der Waals surface area contributed by atoms with E-state index in [4.69, 9.17) is 4.74 Å². The Kier molecular flexibility index (Phi) is 6.67. The van der Waals surface area contributed by atoms with Crippen molar-refractivity contribution in [3.63, 3.8) is 0 Å². The highest BCUT2D eigenvalue weighted by Gasteiger charge is 2.13. The van der Waals surface area contributed by atoms with Crippen molar-refractivity contribution in [3.8, 4) is 5.75 Å². The van der Waals surface area contributed by atoms with Crippen LogP contribution in [0, 0.1) is 0 Å². The Bertz CT molecular complexity index is 552. The van der Waals surface area contributed by atoms with Crippen LogP contribution >= 0.6 is 43.2 Å². The standard InChI is InChI=1S/C15H18Br2N2OS/c1-3-13(15-18-5-6-21-15)19-9-10-7-11(16)14(20-4-2)12(17)8-10/h5-8,13,19H,3-4,9H2,1-2H3. The van der Waals surface area contributed by atoms with Gasteiger partial charge in [0, 0.05) is 18.1 Å². The summed E-state index contributed by atoms with van der Waals surface area (Å²) >= 11 is 8.83. The first-order valence-electron chi connectivity index (χ1n) is 6.89. The molecule has 1 N–H and O–H groups in total. The summed E-state index contributed by atoms with van der Waals surface area (Å²) in [4.78, 5) is 4.39. The highest BCUT2D eigenvalue weighted by Crippen LogP contribution is 2.35. The molecule has 0 fully saturated rings. The third kappa shape index (κ3) is 4.52. The third-order valence-electron chi connectivity index (χ3n) is 3.06. The van der Waals surface area contributed by atoms with E-state index in [0.29, 0.717) is 12.6 Å². The van der Waals surface area contributed by atoms with Gasteiger partial charge in [0.25, 0.3) is 0 Å². The Balaban J connectivity index is 2.06. The molecule has 0 spiro atoms. The summed E-state index contributed by atoms with van der Waals surface area (Å²) in [5, 5.41) is 6.72. The van der Waals surface area contributed by atoms with Crippen LogP contribution in [0.15, 0.2) is 32.7 Å². The molecule has 0 radical (unpaired) electrons. The summed E-state index contributed by atoms with van der Waals surface area (Å²) in [7, 11) is 0. The topological polar surface area (TPSA) is 34.1 Å². The number of thiazole rings is 1. The van der Waals surface area contributed by atoms with Crippen LogP contribution < -0.4 is 10.1 Å². The maximum atomic E-state index is 5.61. The van der Waals surface area contributed by atoms with Gasteiger partial charge in [-0.25, -0.2) is 4.98 Å². The SMILES string of the molecule is CCOc1c(Br)cc(CNC(CC)c2nccs2)cc1Br. The van der Waals surface area contributed by atoms with E-state index < -0.39 is 0 Å². The van der Waals surface area contributed by atoms with Crippen LogP contribution in [0.5, 0.6) is 5.75 Å². The van der Waals surface area contributed by atoms with Gasteiger partial charge in [0.15, 0.2) is 0 Å². The quantitative estimate of drug-likeness (QED) is 0.642. The summed E-state index contributed by atoms with van der Waals surface area (Å²) in [5.74, 6) is 0.855. The zero-order valence-electron chi connectivity index (χ0n) is 12.0. The van der Waals surface area contributed by atoms with Crippen molar-refractivity contribution in [2.45, 2.75) is 32.9 Å². The minimum absolute atomic E-state index is 0.300. The molecule has 0 aliphatic rings. The van der Waals surface area contributed by atoms with Crippen molar-refractivity contribution in [3.05, 3.63) is 43.2 Å². The maximum Gasteiger partial charge on any atom is 0.147 e. The fraction of sp³-hybridized carbons (Fsp3) is 0.400. The molecular weight excluding hydrogens is 416 g/mol. The van der Waals surface area contributed by atoms with E-state index >= 15 is 0 Å². The fourth-order valence-corrected chi connectivity index (χ4v) is 4.36. The first-order chi connectivity index (χ1) is 10.2. The number of halogens is 2. The number of benzene rings is 1. The number of hydrogen-bond donors (Lipinski definition) is 1. The molecule has 0 aliphatic carbocycles. The van der Waals surface area contributed by atoms with Crippen LogP contribution in [0.1, 0.15) is 36.9 Å². The average Bonchev–Trinajstić information content (AvgIpc) is 2.98. The summed E-state index contributed by atoms with van der Waals surface area (Å²) < 4.78 is 7.55. The van der Waals surface area contributed by atoms with Crippen molar-refractivity contribution in [2.75, 3.05) is 6.61 Å². The van der Waals surface area contributed by atoms with Gasteiger partial charge in [0.05, 0.1) is 21.6 Å². The van der Waals surface area contributed by atoms with Crippen molar-refractivity contribution in [1.82, 2.24) is 10.3 Å². The molecule has 1 atom stereocenters. The molecule has 0 amide bonds. The molecule has 3 nitrogen and oxygen atoms in total. The van der Waals surface area contributed by atoms with Crippen LogP contribution in [-0.2, 0) is 6.54 Å². The van der Waals surface area contributed by atoms with Gasteiger partial charge in [-0.05, 0) is 62.9 Å². The van der Waals surface area contributed by atoms with Crippen molar-refractivity contribution >= 4 is 43.2 Å². The van der Waals surface area contributed by atoms with Gasteiger partial charge in [-0.1, -0.05) is 6.92 Å². The molecule has 1 aromatic carbocycles. The Hall–Kier alpha value is -0.430. The third-order valence-corrected chi connectivity index (χ3v) is 5.12. The largest absolute Gasteiger partial charge is 0.492 e. The second kappa shape index (κ2) is 8.27. The minimum Gasteiger partial charge on any atom is -0.492 e. The molecule has 0 aliphatic heterocycles. The zero-order valence-corrected chi connectivity index (χ0v) is 16.0. The fourth-order valence-electron chi connectivity index (χ4n) is 2.05. The summed E-state index contributed by atoms with van der Waals surface area (Å²) in [6, 6.07) is 4.49. The van der Waals surface area contributed by atoms with Gasteiger partial charge in [-0.2, -0.15) is 0 Å². The molecular formula is C15H18Br2N2OS. The summed E-state index contributed by atoms with van der Waals surface area (Å²) in [5.41, 5.74) is 1.20. The van der Waals surface area contributed by atoms with Gasteiger partial charge in [0.2, 0.25) is 0 Å². The normalized spacial score (nSPS) is 12.4. The van der Waals surface area contributed by atoms with E-state index in [1.165, 1.54) is 5.56 Å². The van der Waals surface area contributed by atoms with Crippen LogP contribution in [0.25, 0.3) is 0 Å². The number of aromatic nitrogens is 1. The number of hydrogen-bond acceptors (Lipinski definition) is 4.